The van der Waals surface area contributed by atoms with Crippen LogP contribution in [-0.4, -0.2) is 12.0 Å². The van der Waals surface area contributed by atoms with Gasteiger partial charge in [0.15, 0.2) is 6.10 Å². The number of rotatable bonds is 5. The SMILES string of the molecule is Cc1cccc(O[C@H](C)C(=O)Nc2ccc(C(C)C)cc2)c1C. The van der Waals surface area contributed by atoms with Crippen LogP contribution in [0.1, 0.15) is 43.4 Å². The first-order valence-corrected chi connectivity index (χ1v) is 8.02. The van der Waals surface area contributed by atoms with E-state index in [0.29, 0.717) is 5.92 Å². The highest BCUT2D eigenvalue weighted by atomic mass is 16.5. The molecule has 3 nitrogen and oxygen atoms in total. The summed E-state index contributed by atoms with van der Waals surface area (Å²) >= 11 is 0. The summed E-state index contributed by atoms with van der Waals surface area (Å²) in [6.07, 6.45) is -0.555. The molecule has 0 unspecified atom stereocenters. The zero-order valence-electron chi connectivity index (χ0n) is 14.5. The van der Waals surface area contributed by atoms with E-state index >= 15 is 0 Å². The number of hydrogen-bond donors (Lipinski definition) is 1. The first kappa shape index (κ1) is 17.1. The van der Waals surface area contributed by atoms with E-state index in [0.717, 1.165) is 22.6 Å². The van der Waals surface area contributed by atoms with Crippen molar-refractivity contribution in [3.63, 3.8) is 0 Å². The molecule has 0 aromatic heterocycles. The van der Waals surface area contributed by atoms with Gasteiger partial charge in [0.1, 0.15) is 5.75 Å². The standard InChI is InChI=1S/C20H25NO2/c1-13(2)17-9-11-18(12-10-17)21-20(22)16(5)23-19-8-6-7-14(3)15(19)4/h6-13,16H,1-5H3,(H,21,22)/t16-/m1/s1. The van der Waals surface area contributed by atoms with E-state index in [1.165, 1.54) is 5.56 Å². The Morgan fingerprint density at radius 3 is 2.26 bits per heavy atom. The molecule has 0 radical (unpaired) electrons. The largest absolute Gasteiger partial charge is 0.481 e. The minimum Gasteiger partial charge on any atom is -0.481 e. The van der Waals surface area contributed by atoms with Crippen LogP contribution in [-0.2, 0) is 4.79 Å². The Morgan fingerprint density at radius 2 is 1.65 bits per heavy atom. The Morgan fingerprint density at radius 1 is 1.00 bits per heavy atom. The quantitative estimate of drug-likeness (QED) is 0.858. The lowest BCUT2D eigenvalue weighted by atomic mass is 10.0. The number of anilines is 1. The molecule has 0 aliphatic heterocycles. The molecule has 3 heteroatoms. The van der Waals surface area contributed by atoms with E-state index in [9.17, 15) is 4.79 Å². The summed E-state index contributed by atoms with van der Waals surface area (Å²) in [5.74, 6) is 1.08. The Bertz CT molecular complexity index is 675. The summed E-state index contributed by atoms with van der Waals surface area (Å²) < 4.78 is 5.81. The lowest BCUT2D eigenvalue weighted by Gasteiger charge is -2.17. The van der Waals surface area contributed by atoms with Crippen LogP contribution in [0, 0.1) is 13.8 Å². The Hall–Kier alpha value is -2.29. The van der Waals surface area contributed by atoms with Gasteiger partial charge in [-0.25, -0.2) is 0 Å². The van der Waals surface area contributed by atoms with Gasteiger partial charge < -0.3 is 10.1 Å². The summed E-state index contributed by atoms with van der Waals surface area (Å²) in [4.78, 5) is 12.3. The van der Waals surface area contributed by atoms with Gasteiger partial charge in [-0.1, -0.05) is 38.1 Å². The smallest absolute Gasteiger partial charge is 0.265 e. The number of nitrogens with one attached hydrogen (secondary N) is 1. The molecular weight excluding hydrogens is 286 g/mol. The lowest BCUT2D eigenvalue weighted by molar-refractivity contribution is -0.122. The van der Waals surface area contributed by atoms with Gasteiger partial charge in [0.05, 0.1) is 0 Å². The van der Waals surface area contributed by atoms with Crippen molar-refractivity contribution in [2.24, 2.45) is 0 Å². The minimum absolute atomic E-state index is 0.150. The van der Waals surface area contributed by atoms with Crippen molar-refractivity contribution in [3.8, 4) is 5.75 Å². The molecule has 0 aliphatic carbocycles. The molecule has 0 saturated heterocycles. The monoisotopic (exact) mass is 311 g/mol. The van der Waals surface area contributed by atoms with Crippen LogP contribution in [0.25, 0.3) is 0 Å². The molecule has 23 heavy (non-hydrogen) atoms. The van der Waals surface area contributed by atoms with Crippen LogP contribution in [0.2, 0.25) is 0 Å². The van der Waals surface area contributed by atoms with Gasteiger partial charge in [0, 0.05) is 5.69 Å². The van der Waals surface area contributed by atoms with Crippen LogP contribution in [0.5, 0.6) is 5.75 Å². The van der Waals surface area contributed by atoms with Crippen molar-refractivity contribution < 1.29 is 9.53 Å². The molecular formula is C20H25NO2. The number of ether oxygens (including phenoxy) is 1. The Balaban J connectivity index is 2.01. The van der Waals surface area contributed by atoms with Crippen molar-refractivity contribution >= 4 is 11.6 Å². The molecule has 1 amide bonds. The molecule has 0 aliphatic rings. The third-order valence-corrected chi connectivity index (χ3v) is 4.07. The summed E-state index contributed by atoms with van der Waals surface area (Å²) in [7, 11) is 0. The first-order chi connectivity index (χ1) is 10.9. The fraction of sp³-hybridized carbons (Fsp3) is 0.350. The molecule has 0 spiro atoms. The van der Waals surface area contributed by atoms with Crippen molar-refractivity contribution in [3.05, 3.63) is 59.2 Å². The second-order valence-corrected chi connectivity index (χ2v) is 6.22. The second kappa shape index (κ2) is 7.32. The predicted octanol–water partition coefficient (Wildman–Crippen LogP) is 4.83. The minimum atomic E-state index is -0.555. The summed E-state index contributed by atoms with van der Waals surface area (Å²) in [5.41, 5.74) is 4.26. The fourth-order valence-corrected chi connectivity index (χ4v) is 2.29. The van der Waals surface area contributed by atoms with Gasteiger partial charge in [-0.2, -0.15) is 0 Å². The fourth-order valence-electron chi connectivity index (χ4n) is 2.29. The van der Waals surface area contributed by atoms with Crippen LogP contribution in [0.4, 0.5) is 5.69 Å². The highest BCUT2D eigenvalue weighted by Crippen LogP contribution is 2.22. The van der Waals surface area contributed by atoms with E-state index < -0.39 is 6.10 Å². The van der Waals surface area contributed by atoms with Gasteiger partial charge in [0.25, 0.3) is 5.91 Å². The zero-order chi connectivity index (χ0) is 17.0. The molecule has 0 heterocycles. The average molecular weight is 311 g/mol. The third-order valence-electron chi connectivity index (χ3n) is 4.07. The van der Waals surface area contributed by atoms with E-state index in [1.54, 1.807) is 6.92 Å². The van der Waals surface area contributed by atoms with Gasteiger partial charge in [-0.3, -0.25) is 4.79 Å². The van der Waals surface area contributed by atoms with Crippen LogP contribution in [0.15, 0.2) is 42.5 Å². The maximum Gasteiger partial charge on any atom is 0.265 e. The van der Waals surface area contributed by atoms with Crippen LogP contribution >= 0.6 is 0 Å². The van der Waals surface area contributed by atoms with E-state index in [1.807, 2.05) is 56.3 Å². The Labute approximate surface area is 138 Å². The number of carbonyl (C=O) groups is 1. The second-order valence-electron chi connectivity index (χ2n) is 6.22. The van der Waals surface area contributed by atoms with Gasteiger partial charge in [-0.15, -0.1) is 0 Å². The molecule has 2 rings (SSSR count). The summed E-state index contributed by atoms with van der Waals surface area (Å²) in [6, 6.07) is 13.8. The van der Waals surface area contributed by atoms with Crippen LogP contribution in [0.3, 0.4) is 0 Å². The highest BCUT2D eigenvalue weighted by Gasteiger charge is 2.16. The molecule has 1 atom stereocenters. The maximum atomic E-state index is 12.3. The van der Waals surface area contributed by atoms with Crippen molar-refractivity contribution in [1.82, 2.24) is 0 Å². The predicted molar refractivity (Wildman–Crippen MR) is 95.2 cm³/mol. The molecule has 2 aromatic carbocycles. The number of benzene rings is 2. The molecule has 2 aromatic rings. The van der Waals surface area contributed by atoms with E-state index in [4.69, 9.17) is 4.74 Å². The normalized spacial score (nSPS) is 12.1. The molecule has 1 N–H and O–H groups in total. The van der Waals surface area contributed by atoms with Gasteiger partial charge in [0.2, 0.25) is 0 Å². The summed E-state index contributed by atoms with van der Waals surface area (Å²) in [6.45, 7) is 10.1. The van der Waals surface area contributed by atoms with E-state index in [-0.39, 0.29) is 5.91 Å². The van der Waals surface area contributed by atoms with E-state index in [2.05, 4.69) is 19.2 Å². The topological polar surface area (TPSA) is 38.3 Å². The third kappa shape index (κ3) is 4.35. The molecule has 0 saturated carbocycles. The summed E-state index contributed by atoms with van der Waals surface area (Å²) in [5, 5.41) is 2.90. The van der Waals surface area contributed by atoms with Gasteiger partial charge in [-0.05, 0) is 61.6 Å². The number of carbonyl (C=O) groups excluding carboxylic acids is 1. The van der Waals surface area contributed by atoms with Crippen molar-refractivity contribution in [1.29, 1.82) is 0 Å². The Kier molecular flexibility index (Phi) is 5.43. The highest BCUT2D eigenvalue weighted by molar-refractivity contribution is 5.94. The average Bonchev–Trinajstić information content (AvgIpc) is 2.52. The van der Waals surface area contributed by atoms with Crippen molar-refractivity contribution in [2.45, 2.75) is 46.6 Å². The first-order valence-electron chi connectivity index (χ1n) is 8.02. The molecule has 0 bridgehead atoms. The number of hydrogen-bond acceptors (Lipinski definition) is 2. The van der Waals surface area contributed by atoms with Crippen LogP contribution < -0.4 is 10.1 Å². The molecule has 122 valence electrons. The zero-order valence-corrected chi connectivity index (χ0v) is 14.5. The number of amides is 1. The van der Waals surface area contributed by atoms with Gasteiger partial charge >= 0.3 is 0 Å². The van der Waals surface area contributed by atoms with Crippen molar-refractivity contribution in [2.75, 3.05) is 5.32 Å². The maximum absolute atomic E-state index is 12.3. The lowest BCUT2D eigenvalue weighted by Crippen LogP contribution is -2.30. The number of aryl methyl sites for hydroxylation is 1. The molecule has 0 fully saturated rings.